The Labute approximate surface area is 270 Å². The van der Waals surface area contributed by atoms with Crippen LogP contribution in [0.2, 0.25) is 0 Å². The predicted molar refractivity (Wildman–Crippen MR) is 190 cm³/mol. The van der Waals surface area contributed by atoms with Crippen molar-refractivity contribution < 1.29 is 12.6 Å². The third-order valence-corrected chi connectivity index (χ3v) is 8.63. The first-order valence-corrected chi connectivity index (χ1v) is 15.0. The van der Waals surface area contributed by atoms with Crippen LogP contribution >= 0.6 is 0 Å². The van der Waals surface area contributed by atoms with Crippen molar-refractivity contribution in [3.05, 3.63) is 170 Å². The monoisotopic (exact) mass is 578 g/mol. The number of hydrogen-bond acceptors (Lipinski definition) is 1. The first kappa shape index (κ1) is 20.1. The normalized spacial score (nSPS) is 13.4. The topological polar surface area (TPSA) is 13.1 Å². The molecule has 0 saturated carbocycles. The molecule has 9 aromatic rings. The van der Waals surface area contributed by atoms with E-state index in [1.165, 1.54) is 0 Å². The van der Waals surface area contributed by atoms with E-state index in [1.54, 1.807) is 0 Å². The zero-order valence-corrected chi connectivity index (χ0v) is 24.1. The first-order chi connectivity index (χ1) is 24.8. The van der Waals surface area contributed by atoms with Gasteiger partial charge in [-0.15, -0.1) is 0 Å². The Morgan fingerprint density at radius 3 is 1.62 bits per heavy atom. The number of rotatable bonds is 4. The molecule has 0 amide bonds. The van der Waals surface area contributed by atoms with Gasteiger partial charge in [0.15, 0.2) is 0 Å². The van der Waals surface area contributed by atoms with Crippen LogP contribution < -0.4 is 0 Å². The Hall–Kier alpha value is -5.92. The second kappa shape index (κ2) is 10.4. The van der Waals surface area contributed by atoms with Gasteiger partial charge in [0.05, 0.1) is 8.22 Å². The van der Waals surface area contributed by atoms with Gasteiger partial charge in [0.25, 0.3) is 0 Å². The van der Waals surface area contributed by atoms with E-state index in [1.807, 2.05) is 84.9 Å². The molecule has 0 saturated heterocycles. The Balaban J connectivity index is 1.47. The van der Waals surface area contributed by atoms with Crippen LogP contribution in [0, 0.1) is 0 Å². The minimum absolute atomic E-state index is 0.00221. The van der Waals surface area contributed by atoms with Crippen molar-refractivity contribution >= 4 is 43.5 Å². The van der Waals surface area contributed by atoms with Gasteiger partial charge < -0.3 is 4.42 Å². The molecule has 0 aliphatic carbocycles. The van der Waals surface area contributed by atoms with Gasteiger partial charge in [0.1, 0.15) is 11.2 Å². The Morgan fingerprint density at radius 2 is 0.933 bits per heavy atom. The van der Waals surface area contributed by atoms with Crippen LogP contribution in [0.15, 0.2) is 174 Å². The quantitative estimate of drug-likeness (QED) is 0.189. The molecule has 0 aliphatic heterocycles. The summed E-state index contributed by atoms with van der Waals surface area (Å²) in [5.41, 5.74) is 6.68. The molecule has 210 valence electrons. The second-order valence-corrected chi connectivity index (χ2v) is 11.2. The molecule has 0 fully saturated rings. The summed E-state index contributed by atoms with van der Waals surface area (Å²) in [6.45, 7) is 0. The van der Waals surface area contributed by atoms with Crippen LogP contribution in [-0.4, -0.2) is 0 Å². The van der Waals surface area contributed by atoms with Crippen LogP contribution in [0.4, 0.5) is 0 Å². The zero-order chi connectivity index (χ0) is 35.0. The molecule has 1 aromatic heterocycles. The van der Waals surface area contributed by atoms with Gasteiger partial charge in [-0.3, -0.25) is 0 Å². The van der Waals surface area contributed by atoms with E-state index in [-0.39, 0.29) is 46.8 Å². The molecule has 45 heavy (non-hydrogen) atoms. The van der Waals surface area contributed by atoms with Gasteiger partial charge in [-0.1, -0.05) is 152 Å². The third-order valence-electron chi connectivity index (χ3n) is 8.63. The molecule has 9 rings (SSSR count). The first-order valence-electron chi connectivity index (χ1n) is 18.0. The SMILES string of the molecule is [2H]c1c([2H])c([2H])c2c(oc3c(-c4ccccc4)c([2H])c([2H])c(-c4c5ccccc5c(-c5cccc(-c6ccccc6)c5)c5ccccc45)c32)c1[2H]. The zero-order valence-electron chi connectivity index (χ0n) is 30.1. The van der Waals surface area contributed by atoms with Crippen molar-refractivity contribution in [1.82, 2.24) is 0 Å². The summed E-state index contributed by atoms with van der Waals surface area (Å²) >= 11 is 0. The number of fused-ring (bicyclic) bond motifs is 5. The molecule has 1 heteroatoms. The number of hydrogen-bond donors (Lipinski definition) is 0. The van der Waals surface area contributed by atoms with Crippen LogP contribution in [0.5, 0.6) is 0 Å². The van der Waals surface area contributed by atoms with Crippen LogP contribution in [0.25, 0.3) is 88.0 Å². The van der Waals surface area contributed by atoms with Gasteiger partial charge >= 0.3 is 0 Å². The van der Waals surface area contributed by atoms with Crippen LogP contribution in [0.3, 0.4) is 0 Å². The standard InChI is InChI=1S/C44H28O/c1-3-14-29(15-4-1)31-18-13-19-32(28-31)41-34-20-7-9-22-36(34)42(37-23-10-8-21-35(37)41)39-27-26-33(30-16-5-2-6-17-30)44-43(39)38-24-11-12-25-40(38)45-44/h1-28H/i11D,12D,24D,25D,26D,27D. The number of benzene rings is 8. The molecule has 0 spiro atoms. The number of para-hydroxylation sites is 1. The summed E-state index contributed by atoms with van der Waals surface area (Å²) in [6, 6.07) is 42.7. The largest absolute Gasteiger partial charge is 0.455 e. The lowest BCUT2D eigenvalue weighted by Gasteiger charge is -2.19. The van der Waals surface area contributed by atoms with E-state index < -0.39 is 6.04 Å². The highest BCUT2D eigenvalue weighted by Crippen LogP contribution is 2.48. The smallest absolute Gasteiger partial charge is 0.143 e. The summed E-state index contributed by atoms with van der Waals surface area (Å²) in [4.78, 5) is 0. The highest BCUT2D eigenvalue weighted by Gasteiger charge is 2.22. The predicted octanol–water partition coefficient (Wildman–Crippen LogP) is 12.6. The summed E-state index contributed by atoms with van der Waals surface area (Å²) in [5, 5.41) is 4.21. The number of furan rings is 1. The molecule has 1 nitrogen and oxygen atoms in total. The highest BCUT2D eigenvalue weighted by molar-refractivity contribution is 6.26. The van der Waals surface area contributed by atoms with E-state index in [0.717, 1.165) is 43.8 Å². The minimum atomic E-state index is -0.399. The fourth-order valence-electron chi connectivity index (χ4n) is 6.67. The molecule has 0 bridgehead atoms. The summed E-state index contributed by atoms with van der Waals surface area (Å²) in [6.07, 6.45) is 0. The van der Waals surface area contributed by atoms with E-state index in [4.69, 9.17) is 9.90 Å². The van der Waals surface area contributed by atoms with Crippen LogP contribution in [0.1, 0.15) is 8.22 Å². The summed E-state index contributed by atoms with van der Waals surface area (Å²) < 4.78 is 60.5. The molecule has 8 aromatic carbocycles. The van der Waals surface area contributed by atoms with Crippen LogP contribution in [-0.2, 0) is 0 Å². The molecule has 0 aliphatic rings. The van der Waals surface area contributed by atoms with Gasteiger partial charge in [-0.05, 0) is 78.6 Å². The maximum absolute atomic E-state index is 9.71. The van der Waals surface area contributed by atoms with Crippen molar-refractivity contribution in [2.75, 3.05) is 0 Å². The van der Waals surface area contributed by atoms with Crippen molar-refractivity contribution in [3.8, 4) is 44.5 Å². The van der Waals surface area contributed by atoms with Crippen molar-refractivity contribution in [2.24, 2.45) is 0 Å². The molecular weight excluding hydrogens is 544 g/mol. The molecule has 1 heterocycles. The van der Waals surface area contributed by atoms with Gasteiger partial charge in [-0.2, -0.15) is 0 Å². The average Bonchev–Trinajstić information content (AvgIpc) is 3.57. The van der Waals surface area contributed by atoms with Crippen molar-refractivity contribution in [1.29, 1.82) is 0 Å². The Kier molecular flexibility index (Phi) is 4.63. The minimum Gasteiger partial charge on any atom is -0.455 e. The van der Waals surface area contributed by atoms with Crippen molar-refractivity contribution in [2.45, 2.75) is 0 Å². The molecule has 0 radical (unpaired) electrons. The lowest BCUT2D eigenvalue weighted by atomic mass is 9.84. The lowest BCUT2D eigenvalue weighted by Crippen LogP contribution is -1.92. The molecule has 0 atom stereocenters. The second-order valence-electron chi connectivity index (χ2n) is 11.2. The van der Waals surface area contributed by atoms with E-state index in [9.17, 15) is 2.74 Å². The van der Waals surface area contributed by atoms with Gasteiger partial charge in [0, 0.05) is 16.3 Å². The van der Waals surface area contributed by atoms with Gasteiger partial charge in [0.2, 0.25) is 0 Å². The van der Waals surface area contributed by atoms with Gasteiger partial charge in [-0.25, -0.2) is 0 Å². The molecular formula is C44H28O. The molecule has 0 N–H and O–H groups in total. The average molecular weight is 579 g/mol. The maximum atomic E-state index is 9.71. The van der Waals surface area contributed by atoms with E-state index in [2.05, 4.69) is 48.5 Å². The van der Waals surface area contributed by atoms with E-state index in [0.29, 0.717) is 27.6 Å². The fourth-order valence-corrected chi connectivity index (χ4v) is 6.67. The highest BCUT2D eigenvalue weighted by atomic mass is 16.3. The van der Waals surface area contributed by atoms with E-state index >= 15 is 0 Å². The summed E-state index contributed by atoms with van der Waals surface area (Å²) in [5.74, 6) is 0. The summed E-state index contributed by atoms with van der Waals surface area (Å²) in [7, 11) is 0. The Bertz CT molecular complexity index is 2800. The van der Waals surface area contributed by atoms with Crippen molar-refractivity contribution in [3.63, 3.8) is 0 Å². The Morgan fingerprint density at radius 1 is 0.400 bits per heavy atom. The lowest BCUT2D eigenvalue weighted by molar-refractivity contribution is 0.670. The maximum Gasteiger partial charge on any atom is 0.143 e. The fraction of sp³-hybridized carbons (Fsp3) is 0. The molecule has 0 unspecified atom stereocenters. The third kappa shape index (κ3) is 4.09.